The van der Waals surface area contributed by atoms with E-state index in [4.69, 9.17) is 16.7 Å². The fraction of sp³-hybridized carbons (Fsp3) is 0. The molecule has 0 amide bonds. The van der Waals surface area contributed by atoms with Crippen molar-refractivity contribution in [3.63, 3.8) is 0 Å². The lowest BCUT2D eigenvalue weighted by Gasteiger charge is -2.08. The molecular weight excluding hydrogens is 235 g/mol. The lowest BCUT2D eigenvalue weighted by atomic mass is 10.2. The first-order valence-corrected chi connectivity index (χ1v) is 4.95. The Morgan fingerprint density at radius 3 is 2.67 bits per heavy atom. The first-order chi connectivity index (χ1) is 8.58. The summed E-state index contributed by atoms with van der Waals surface area (Å²) in [5.41, 5.74) is 11.5. The second kappa shape index (κ2) is 4.55. The highest BCUT2D eigenvalue weighted by atomic mass is 19.1. The van der Waals surface area contributed by atoms with E-state index in [0.29, 0.717) is 11.5 Å². The molecule has 0 aliphatic rings. The third-order valence-corrected chi connectivity index (χ3v) is 2.13. The summed E-state index contributed by atoms with van der Waals surface area (Å²) >= 11 is 0. The molecule has 6 nitrogen and oxygen atoms in total. The Hall–Kier alpha value is -2.88. The van der Waals surface area contributed by atoms with Gasteiger partial charge in [0.05, 0.1) is 11.3 Å². The zero-order valence-corrected chi connectivity index (χ0v) is 9.18. The maximum Gasteiger partial charge on any atom is 0.223 e. The largest absolute Gasteiger partial charge is 0.383 e. The van der Waals surface area contributed by atoms with Gasteiger partial charge in [0.1, 0.15) is 23.5 Å². The average Bonchev–Trinajstić information content (AvgIpc) is 2.30. The maximum atomic E-state index is 13.0. The van der Waals surface area contributed by atoms with Gasteiger partial charge in [0.2, 0.25) is 5.95 Å². The van der Waals surface area contributed by atoms with Gasteiger partial charge in [-0.15, -0.1) is 0 Å². The summed E-state index contributed by atoms with van der Waals surface area (Å²) in [5.74, 6) is 0.0608. The van der Waals surface area contributed by atoms with E-state index in [-0.39, 0.29) is 17.3 Å². The molecule has 0 saturated heterocycles. The Labute approximate surface area is 102 Å². The lowest BCUT2D eigenvalue weighted by molar-refractivity contribution is 0.627. The summed E-state index contributed by atoms with van der Waals surface area (Å²) in [7, 11) is 0. The van der Waals surface area contributed by atoms with Crippen LogP contribution in [0.4, 0.5) is 27.7 Å². The van der Waals surface area contributed by atoms with Crippen LogP contribution in [0.25, 0.3) is 0 Å². The minimum absolute atomic E-state index is 0.0121. The molecule has 0 aliphatic heterocycles. The summed E-state index contributed by atoms with van der Waals surface area (Å²) in [4.78, 5) is 7.61. The molecule has 0 fully saturated rings. The van der Waals surface area contributed by atoms with Gasteiger partial charge in [0, 0.05) is 6.07 Å². The van der Waals surface area contributed by atoms with Gasteiger partial charge < -0.3 is 16.8 Å². The van der Waals surface area contributed by atoms with Crippen LogP contribution in [0, 0.1) is 17.1 Å². The quantitative estimate of drug-likeness (QED) is 0.735. The Kier molecular flexibility index (Phi) is 2.93. The normalized spacial score (nSPS) is 9.78. The highest BCUT2D eigenvalue weighted by molar-refractivity contribution is 5.66. The Morgan fingerprint density at radius 1 is 1.22 bits per heavy atom. The molecule has 1 heterocycles. The van der Waals surface area contributed by atoms with Crippen LogP contribution in [0.1, 0.15) is 5.56 Å². The third-order valence-electron chi connectivity index (χ3n) is 2.13. The fourth-order valence-electron chi connectivity index (χ4n) is 1.41. The molecule has 0 aliphatic carbocycles. The van der Waals surface area contributed by atoms with E-state index in [0.717, 1.165) is 6.07 Å². The molecule has 0 atom stereocenters. The fourth-order valence-corrected chi connectivity index (χ4v) is 1.41. The Morgan fingerprint density at radius 2 is 2.00 bits per heavy atom. The number of halogens is 1. The smallest absolute Gasteiger partial charge is 0.223 e. The molecular formula is C11H9FN6. The second-order valence-electron chi connectivity index (χ2n) is 3.46. The van der Waals surface area contributed by atoms with Crippen molar-refractivity contribution in [2.24, 2.45) is 0 Å². The van der Waals surface area contributed by atoms with E-state index >= 15 is 0 Å². The van der Waals surface area contributed by atoms with E-state index in [1.807, 2.05) is 6.07 Å². The van der Waals surface area contributed by atoms with Crippen LogP contribution in [0.15, 0.2) is 24.3 Å². The number of benzene rings is 1. The lowest BCUT2D eigenvalue weighted by Crippen LogP contribution is -2.03. The van der Waals surface area contributed by atoms with Crippen molar-refractivity contribution in [3.8, 4) is 6.07 Å². The van der Waals surface area contributed by atoms with Crippen molar-refractivity contribution in [2.45, 2.75) is 0 Å². The van der Waals surface area contributed by atoms with Crippen LogP contribution >= 0.6 is 0 Å². The van der Waals surface area contributed by atoms with Crippen molar-refractivity contribution in [1.82, 2.24) is 9.97 Å². The number of nitrogens with zero attached hydrogens (tertiary/aromatic N) is 3. The van der Waals surface area contributed by atoms with Crippen LogP contribution in [-0.4, -0.2) is 9.97 Å². The number of hydrogen-bond acceptors (Lipinski definition) is 6. The minimum atomic E-state index is -0.487. The first-order valence-electron chi connectivity index (χ1n) is 4.95. The SMILES string of the molecule is N#Cc1cc(F)ccc1Nc1cc(N)nc(N)n1. The summed E-state index contributed by atoms with van der Waals surface area (Å²) in [6.45, 7) is 0. The van der Waals surface area contributed by atoms with E-state index in [9.17, 15) is 4.39 Å². The molecule has 0 saturated carbocycles. The summed E-state index contributed by atoms with van der Waals surface area (Å²) < 4.78 is 13.0. The van der Waals surface area contributed by atoms with Gasteiger partial charge in [-0.2, -0.15) is 15.2 Å². The first kappa shape index (κ1) is 11.6. The molecule has 0 spiro atoms. The molecule has 0 unspecified atom stereocenters. The molecule has 0 radical (unpaired) electrons. The van der Waals surface area contributed by atoms with Gasteiger partial charge in [-0.1, -0.05) is 0 Å². The van der Waals surface area contributed by atoms with E-state index in [2.05, 4.69) is 15.3 Å². The molecule has 1 aromatic carbocycles. The van der Waals surface area contributed by atoms with Crippen molar-refractivity contribution in [1.29, 1.82) is 5.26 Å². The average molecular weight is 244 g/mol. The van der Waals surface area contributed by atoms with Crippen molar-refractivity contribution in [2.75, 3.05) is 16.8 Å². The van der Waals surface area contributed by atoms with Gasteiger partial charge in [-0.05, 0) is 18.2 Å². The predicted octanol–water partition coefficient (Wildman–Crippen LogP) is 1.40. The van der Waals surface area contributed by atoms with Gasteiger partial charge in [-0.25, -0.2) is 4.39 Å². The monoisotopic (exact) mass is 244 g/mol. The maximum absolute atomic E-state index is 13.0. The van der Waals surface area contributed by atoms with Gasteiger partial charge in [-0.3, -0.25) is 0 Å². The van der Waals surface area contributed by atoms with Crippen LogP contribution in [0.2, 0.25) is 0 Å². The zero-order chi connectivity index (χ0) is 13.1. The Bertz CT molecular complexity index is 614. The van der Waals surface area contributed by atoms with Gasteiger partial charge >= 0.3 is 0 Å². The molecule has 0 bridgehead atoms. The van der Waals surface area contributed by atoms with Crippen molar-refractivity contribution >= 4 is 23.3 Å². The highest BCUT2D eigenvalue weighted by Crippen LogP contribution is 2.21. The molecule has 90 valence electrons. The summed E-state index contributed by atoms with van der Waals surface area (Å²) in [5, 5.41) is 11.7. The van der Waals surface area contributed by atoms with Crippen LogP contribution in [0.5, 0.6) is 0 Å². The highest BCUT2D eigenvalue weighted by Gasteiger charge is 2.06. The molecule has 2 aromatic rings. The topological polar surface area (TPSA) is 114 Å². The standard InChI is InChI=1S/C11H9FN6/c12-7-1-2-8(6(3-7)5-13)16-10-4-9(14)17-11(15)18-10/h1-4H,(H5,14,15,16,17,18). The van der Waals surface area contributed by atoms with Gasteiger partial charge in [0.15, 0.2) is 0 Å². The number of hydrogen-bond donors (Lipinski definition) is 3. The number of aromatic nitrogens is 2. The third kappa shape index (κ3) is 2.44. The summed E-state index contributed by atoms with van der Waals surface area (Å²) in [6, 6.07) is 7.12. The van der Waals surface area contributed by atoms with E-state index < -0.39 is 5.82 Å². The zero-order valence-electron chi connectivity index (χ0n) is 9.18. The molecule has 2 rings (SSSR count). The van der Waals surface area contributed by atoms with E-state index in [1.165, 1.54) is 18.2 Å². The van der Waals surface area contributed by atoms with Crippen LogP contribution in [-0.2, 0) is 0 Å². The number of anilines is 4. The number of nitrogens with one attached hydrogen (secondary N) is 1. The van der Waals surface area contributed by atoms with E-state index in [1.54, 1.807) is 0 Å². The molecule has 18 heavy (non-hydrogen) atoms. The number of nitriles is 1. The second-order valence-corrected chi connectivity index (χ2v) is 3.46. The van der Waals surface area contributed by atoms with Crippen LogP contribution < -0.4 is 16.8 Å². The number of nitrogens with two attached hydrogens (primary N) is 2. The minimum Gasteiger partial charge on any atom is -0.383 e. The predicted molar refractivity (Wildman–Crippen MR) is 65.3 cm³/mol. The van der Waals surface area contributed by atoms with Crippen molar-refractivity contribution < 1.29 is 4.39 Å². The molecule has 5 N–H and O–H groups in total. The summed E-state index contributed by atoms with van der Waals surface area (Å²) in [6.07, 6.45) is 0. The molecule has 1 aromatic heterocycles. The Balaban J connectivity index is 2.37. The van der Waals surface area contributed by atoms with Crippen LogP contribution in [0.3, 0.4) is 0 Å². The number of rotatable bonds is 2. The molecule has 7 heteroatoms. The van der Waals surface area contributed by atoms with Gasteiger partial charge in [0.25, 0.3) is 0 Å². The number of nitrogen functional groups attached to an aromatic ring is 2. The van der Waals surface area contributed by atoms with Crippen molar-refractivity contribution in [3.05, 3.63) is 35.6 Å².